The number of benzene rings is 2. The lowest BCUT2D eigenvalue weighted by molar-refractivity contribution is 0.0981. The number of aliphatic hydroxyl groups excluding tert-OH is 1. The predicted octanol–water partition coefficient (Wildman–Crippen LogP) is 4.83. The maximum Gasteiger partial charge on any atom is 0.264 e. The highest BCUT2D eigenvalue weighted by atomic mass is 35.5. The molecule has 0 saturated heterocycles. The molecule has 0 aromatic heterocycles. The third-order valence-corrected chi connectivity index (χ3v) is 11.0. The lowest BCUT2D eigenvalue weighted by Gasteiger charge is -2.45. The van der Waals surface area contributed by atoms with Gasteiger partial charge in [-0.3, -0.25) is 4.79 Å². The molecule has 2 aliphatic carbocycles. The summed E-state index contributed by atoms with van der Waals surface area (Å²) in [7, 11) is -3.81. The predicted molar refractivity (Wildman–Crippen MR) is 152 cm³/mol. The van der Waals surface area contributed by atoms with Crippen molar-refractivity contribution in [2.24, 2.45) is 11.8 Å². The van der Waals surface area contributed by atoms with Crippen LogP contribution >= 0.6 is 11.6 Å². The van der Waals surface area contributed by atoms with E-state index in [-0.39, 0.29) is 11.2 Å². The standard InChI is InChI=1S/C30H37ClN2O5S/c31-24-9-11-26-21(15-24)3-1-13-30(26)18-33-17-23-6-5-20(23)7-10-25(34)4-2-14-39(36,37)32-29(35)22-8-12-28(38-19-30)27(33)16-22/h8-9,11-12,15-16,20,23,25,34H,1-7,10,13-14,17-19H2,(H,32,35)/t20-,23-,25-,30-/m0/s1. The second-order valence-electron chi connectivity index (χ2n) is 12.0. The van der Waals surface area contributed by atoms with E-state index in [2.05, 4.69) is 21.8 Å². The first-order valence-electron chi connectivity index (χ1n) is 14.2. The normalized spacial score (nSPS) is 30.7. The summed E-state index contributed by atoms with van der Waals surface area (Å²) >= 11 is 6.37. The van der Waals surface area contributed by atoms with Crippen LogP contribution in [0.5, 0.6) is 5.75 Å². The molecule has 7 nitrogen and oxygen atoms in total. The number of carbonyl (C=O) groups is 1. The van der Waals surface area contributed by atoms with E-state index in [0.717, 1.165) is 68.1 Å². The van der Waals surface area contributed by atoms with Crippen LogP contribution in [-0.2, 0) is 21.9 Å². The molecule has 1 spiro atoms. The third-order valence-electron chi connectivity index (χ3n) is 9.40. The number of nitrogens with zero attached hydrogens (tertiary/aromatic N) is 1. The Morgan fingerprint density at radius 2 is 1.85 bits per heavy atom. The van der Waals surface area contributed by atoms with Gasteiger partial charge in [-0.1, -0.05) is 17.7 Å². The van der Waals surface area contributed by atoms with Crippen molar-refractivity contribution in [2.75, 3.05) is 30.3 Å². The number of anilines is 1. The first-order valence-corrected chi connectivity index (χ1v) is 16.3. The minimum Gasteiger partial charge on any atom is -0.490 e. The Hall–Kier alpha value is -2.29. The van der Waals surface area contributed by atoms with E-state index in [0.29, 0.717) is 43.3 Å². The smallest absolute Gasteiger partial charge is 0.264 e. The molecule has 0 unspecified atom stereocenters. The summed E-state index contributed by atoms with van der Waals surface area (Å²) in [6.07, 6.45) is 7.17. The van der Waals surface area contributed by atoms with Gasteiger partial charge in [0, 0.05) is 29.1 Å². The number of aliphatic hydroxyl groups is 1. The number of carbonyl (C=O) groups excluding carboxylic acids is 1. The zero-order valence-corrected chi connectivity index (χ0v) is 23.8. The molecule has 1 saturated carbocycles. The number of ether oxygens (including phenoxy) is 1. The topological polar surface area (TPSA) is 95.9 Å². The van der Waals surface area contributed by atoms with E-state index in [1.165, 1.54) is 11.1 Å². The van der Waals surface area contributed by atoms with Gasteiger partial charge in [0.15, 0.2) is 0 Å². The van der Waals surface area contributed by atoms with E-state index in [9.17, 15) is 18.3 Å². The van der Waals surface area contributed by atoms with Crippen LogP contribution in [0.3, 0.4) is 0 Å². The fraction of sp³-hybridized carbons (Fsp3) is 0.567. The molecular weight excluding hydrogens is 536 g/mol. The maximum absolute atomic E-state index is 13.1. The second-order valence-corrected chi connectivity index (χ2v) is 14.3. The monoisotopic (exact) mass is 572 g/mol. The van der Waals surface area contributed by atoms with Gasteiger partial charge >= 0.3 is 0 Å². The Morgan fingerprint density at radius 3 is 2.67 bits per heavy atom. The molecule has 6 rings (SSSR count). The average molecular weight is 573 g/mol. The Balaban J connectivity index is 1.39. The van der Waals surface area contributed by atoms with Crippen LogP contribution in [0.15, 0.2) is 36.4 Å². The number of fused-ring (bicyclic) bond motifs is 4. The molecule has 1 amide bonds. The van der Waals surface area contributed by atoms with Crippen molar-refractivity contribution in [3.63, 3.8) is 0 Å². The minimum atomic E-state index is -3.81. The van der Waals surface area contributed by atoms with Crippen LogP contribution in [0.2, 0.25) is 5.02 Å². The summed E-state index contributed by atoms with van der Waals surface area (Å²) in [5, 5.41) is 11.3. The van der Waals surface area contributed by atoms with E-state index in [1.807, 2.05) is 12.1 Å². The number of hydrogen-bond acceptors (Lipinski definition) is 6. The summed E-state index contributed by atoms with van der Waals surface area (Å²) in [6.45, 7) is 2.13. The van der Waals surface area contributed by atoms with Crippen molar-refractivity contribution in [3.8, 4) is 5.75 Å². The third kappa shape index (κ3) is 5.52. The molecule has 2 heterocycles. The first kappa shape index (κ1) is 26.9. The summed E-state index contributed by atoms with van der Waals surface area (Å²) in [5.41, 5.74) is 3.50. The quantitative estimate of drug-likeness (QED) is 0.469. The zero-order chi connectivity index (χ0) is 27.2. The fourth-order valence-corrected chi connectivity index (χ4v) is 8.35. The fourth-order valence-electron chi connectivity index (χ4n) is 7.11. The molecule has 2 aromatic carbocycles. The largest absolute Gasteiger partial charge is 0.490 e. The van der Waals surface area contributed by atoms with Crippen molar-refractivity contribution in [1.82, 2.24) is 4.72 Å². The van der Waals surface area contributed by atoms with Gasteiger partial charge in [-0.15, -0.1) is 0 Å². The lowest BCUT2D eigenvalue weighted by atomic mass is 9.68. The van der Waals surface area contributed by atoms with Crippen LogP contribution in [0.4, 0.5) is 5.69 Å². The van der Waals surface area contributed by atoms with E-state index >= 15 is 0 Å². The van der Waals surface area contributed by atoms with Crippen molar-refractivity contribution < 1.29 is 23.1 Å². The van der Waals surface area contributed by atoms with Crippen LogP contribution in [-0.4, -0.2) is 51.0 Å². The summed E-state index contributed by atoms with van der Waals surface area (Å²) in [6, 6.07) is 11.5. The molecule has 2 N–H and O–H groups in total. The van der Waals surface area contributed by atoms with Gasteiger partial charge < -0.3 is 14.7 Å². The van der Waals surface area contributed by atoms with Crippen LogP contribution in [0.1, 0.15) is 72.9 Å². The van der Waals surface area contributed by atoms with Gasteiger partial charge in [0.05, 0.1) is 24.2 Å². The van der Waals surface area contributed by atoms with Crippen LogP contribution < -0.4 is 14.4 Å². The van der Waals surface area contributed by atoms with Crippen molar-refractivity contribution in [3.05, 3.63) is 58.1 Å². The number of aryl methyl sites for hydroxylation is 1. The number of hydrogen-bond donors (Lipinski definition) is 2. The van der Waals surface area contributed by atoms with Gasteiger partial charge in [0.25, 0.3) is 5.91 Å². The van der Waals surface area contributed by atoms with Gasteiger partial charge in [-0.25, -0.2) is 13.1 Å². The second kappa shape index (κ2) is 10.6. The van der Waals surface area contributed by atoms with Crippen molar-refractivity contribution in [1.29, 1.82) is 0 Å². The highest BCUT2D eigenvalue weighted by Crippen LogP contribution is 2.46. The average Bonchev–Trinajstić information content (AvgIpc) is 3.03. The molecule has 0 radical (unpaired) electrons. The number of sulfonamides is 1. The number of halogens is 1. The van der Waals surface area contributed by atoms with Crippen molar-refractivity contribution in [2.45, 2.75) is 69.3 Å². The molecule has 4 aliphatic rings. The van der Waals surface area contributed by atoms with Gasteiger partial charge in [0.1, 0.15) is 5.75 Å². The molecule has 2 bridgehead atoms. The summed E-state index contributed by atoms with van der Waals surface area (Å²) in [5.74, 6) is 0.930. The Kier molecular flexibility index (Phi) is 7.31. The molecule has 9 heteroatoms. The maximum atomic E-state index is 13.1. The Morgan fingerprint density at radius 1 is 1.03 bits per heavy atom. The summed E-state index contributed by atoms with van der Waals surface area (Å²) < 4.78 is 34.0. The van der Waals surface area contributed by atoms with E-state index in [1.54, 1.807) is 12.1 Å². The first-order chi connectivity index (χ1) is 18.7. The van der Waals surface area contributed by atoms with Crippen LogP contribution in [0.25, 0.3) is 0 Å². The van der Waals surface area contributed by atoms with E-state index < -0.39 is 22.0 Å². The molecule has 4 atom stereocenters. The van der Waals surface area contributed by atoms with Gasteiger partial charge in [-0.2, -0.15) is 0 Å². The lowest BCUT2D eigenvalue weighted by Crippen LogP contribution is -2.48. The zero-order valence-electron chi connectivity index (χ0n) is 22.2. The molecule has 1 fully saturated rings. The summed E-state index contributed by atoms with van der Waals surface area (Å²) in [4.78, 5) is 15.5. The van der Waals surface area contributed by atoms with Crippen molar-refractivity contribution >= 4 is 33.2 Å². The number of rotatable bonds is 0. The molecule has 2 aromatic rings. The number of amides is 1. The molecule has 210 valence electrons. The number of nitrogens with one attached hydrogen (secondary N) is 1. The Bertz CT molecular complexity index is 1370. The van der Waals surface area contributed by atoms with Gasteiger partial charge in [-0.05, 0) is 111 Å². The van der Waals surface area contributed by atoms with Gasteiger partial charge in [0.2, 0.25) is 10.0 Å². The Labute approximate surface area is 235 Å². The SMILES string of the molecule is O=C1NS(=O)(=O)CCC[C@H](O)CC[C@@H]2CC[C@H]2CN2C[C@@]3(CCCc4cc(Cl)ccc43)COc3ccc1cc32. The molecule has 2 aliphatic heterocycles. The molecule has 39 heavy (non-hydrogen) atoms. The van der Waals surface area contributed by atoms with Crippen LogP contribution in [0, 0.1) is 11.8 Å². The minimum absolute atomic E-state index is 0.187. The highest BCUT2D eigenvalue weighted by Gasteiger charge is 2.43. The van der Waals surface area contributed by atoms with E-state index in [4.69, 9.17) is 16.3 Å². The highest BCUT2D eigenvalue weighted by molar-refractivity contribution is 7.90. The molecular formula is C30H37ClN2O5S.